The molecule has 0 spiro atoms. The van der Waals surface area contributed by atoms with Crippen LogP contribution in [0.5, 0.6) is 5.75 Å². The second kappa shape index (κ2) is 13.2. The Morgan fingerprint density at radius 3 is 2.69 bits per heavy atom. The molecule has 0 aliphatic carbocycles. The lowest BCUT2D eigenvalue weighted by molar-refractivity contribution is 0.321. The number of nitrogens with zero attached hydrogens (tertiary/aromatic N) is 2. The molecule has 5 nitrogen and oxygen atoms in total. The summed E-state index contributed by atoms with van der Waals surface area (Å²) >= 11 is 0. The first kappa shape index (κ1) is 23.0. The Morgan fingerprint density at radius 1 is 1.23 bits per heavy atom. The highest BCUT2D eigenvalue weighted by Crippen LogP contribution is 2.16. The van der Waals surface area contributed by atoms with Crippen LogP contribution in [0.25, 0.3) is 0 Å². The van der Waals surface area contributed by atoms with E-state index in [2.05, 4.69) is 48.4 Å². The number of likely N-dealkylation sites (tertiary alicyclic amines) is 1. The molecule has 2 rings (SSSR count). The van der Waals surface area contributed by atoms with Crippen molar-refractivity contribution < 1.29 is 4.74 Å². The van der Waals surface area contributed by atoms with E-state index in [1.807, 2.05) is 12.1 Å². The Hall–Kier alpha value is -1.02. The molecule has 2 N–H and O–H groups in total. The molecule has 1 heterocycles. The van der Waals surface area contributed by atoms with Crippen LogP contribution < -0.4 is 15.4 Å². The van der Waals surface area contributed by atoms with E-state index in [0.29, 0.717) is 12.5 Å². The minimum absolute atomic E-state index is 0. The van der Waals surface area contributed by atoms with Crippen LogP contribution in [-0.2, 0) is 0 Å². The van der Waals surface area contributed by atoms with Crippen LogP contribution in [0.15, 0.2) is 29.3 Å². The lowest BCUT2D eigenvalue weighted by Crippen LogP contribution is -2.39. The lowest BCUT2D eigenvalue weighted by Gasteiger charge is -2.15. The molecule has 0 bridgehead atoms. The van der Waals surface area contributed by atoms with Gasteiger partial charge in [0.1, 0.15) is 12.4 Å². The van der Waals surface area contributed by atoms with Crippen molar-refractivity contribution >= 4 is 29.9 Å². The maximum atomic E-state index is 5.76. The van der Waals surface area contributed by atoms with Crippen LogP contribution in [0, 0.1) is 12.8 Å². The number of benzene rings is 1. The zero-order chi connectivity index (χ0) is 17.9. The Morgan fingerprint density at radius 2 is 2.00 bits per heavy atom. The number of halogens is 1. The second-order valence-electron chi connectivity index (χ2n) is 6.76. The SMILES string of the molecule is CCCN1CCC(CN=C(NCC)NCCOc2ccc(C)cc2)C1.I. The molecule has 1 fully saturated rings. The third-order valence-corrected chi connectivity index (χ3v) is 4.45. The van der Waals surface area contributed by atoms with Crippen LogP contribution in [0.4, 0.5) is 0 Å². The van der Waals surface area contributed by atoms with Crippen molar-refractivity contribution in [2.24, 2.45) is 10.9 Å². The fourth-order valence-corrected chi connectivity index (χ4v) is 3.12. The van der Waals surface area contributed by atoms with Crippen molar-refractivity contribution in [1.29, 1.82) is 0 Å². The Bertz CT molecular complexity index is 521. The predicted octanol–water partition coefficient (Wildman–Crippen LogP) is 3.28. The van der Waals surface area contributed by atoms with Crippen LogP contribution in [0.3, 0.4) is 0 Å². The van der Waals surface area contributed by atoms with Crippen molar-refractivity contribution in [3.63, 3.8) is 0 Å². The minimum atomic E-state index is 0. The fourth-order valence-electron chi connectivity index (χ4n) is 3.12. The largest absolute Gasteiger partial charge is 0.492 e. The first-order valence-corrected chi connectivity index (χ1v) is 9.65. The van der Waals surface area contributed by atoms with Crippen molar-refractivity contribution in [2.45, 2.75) is 33.6 Å². The summed E-state index contributed by atoms with van der Waals surface area (Å²) in [6.07, 6.45) is 2.50. The molecule has 1 unspecified atom stereocenters. The molecule has 1 saturated heterocycles. The number of aliphatic imine (C=N–C) groups is 1. The van der Waals surface area contributed by atoms with Gasteiger partial charge in [0.15, 0.2) is 5.96 Å². The van der Waals surface area contributed by atoms with Crippen molar-refractivity contribution in [3.05, 3.63) is 29.8 Å². The number of ether oxygens (including phenoxy) is 1. The van der Waals surface area contributed by atoms with Crippen LogP contribution in [-0.4, -0.2) is 56.7 Å². The van der Waals surface area contributed by atoms with E-state index in [4.69, 9.17) is 9.73 Å². The third kappa shape index (κ3) is 8.58. The Kier molecular flexibility index (Phi) is 11.7. The smallest absolute Gasteiger partial charge is 0.191 e. The fraction of sp³-hybridized carbons (Fsp3) is 0.650. The number of hydrogen-bond acceptors (Lipinski definition) is 3. The molecule has 0 radical (unpaired) electrons. The molecule has 0 saturated carbocycles. The third-order valence-electron chi connectivity index (χ3n) is 4.45. The molecule has 1 atom stereocenters. The van der Waals surface area contributed by atoms with Gasteiger partial charge in [-0.2, -0.15) is 0 Å². The molecule has 0 aromatic heterocycles. The lowest BCUT2D eigenvalue weighted by atomic mass is 10.1. The Balaban J connectivity index is 0.00000338. The summed E-state index contributed by atoms with van der Waals surface area (Å²) < 4.78 is 5.76. The van der Waals surface area contributed by atoms with Crippen LogP contribution >= 0.6 is 24.0 Å². The second-order valence-corrected chi connectivity index (χ2v) is 6.76. The predicted molar refractivity (Wildman–Crippen MR) is 121 cm³/mol. The van der Waals surface area contributed by atoms with Gasteiger partial charge in [0.05, 0.1) is 6.54 Å². The topological polar surface area (TPSA) is 48.9 Å². The molecule has 1 aromatic rings. The number of rotatable bonds is 9. The van der Waals surface area contributed by atoms with Gasteiger partial charge >= 0.3 is 0 Å². The normalized spacial score (nSPS) is 17.7. The zero-order valence-corrected chi connectivity index (χ0v) is 18.8. The monoisotopic (exact) mass is 474 g/mol. The van der Waals surface area contributed by atoms with Gasteiger partial charge in [0.2, 0.25) is 0 Å². The van der Waals surface area contributed by atoms with Gasteiger partial charge < -0.3 is 20.3 Å². The zero-order valence-electron chi connectivity index (χ0n) is 16.5. The Labute approximate surface area is 176 Å². The van der Waals surface area contributed by atoms with E-state index in [-0.39, 0.29) is 24.0 Å². The average Bonchev–Trinajstić information content (AvgIpc) is 3.06. The number of hydrogen-bond donors (Lipinski definition) is 2. The highest BCUT2D eigenvalue weighted by molar-refractivity contribution is 14.0. The van der Waals surface area contributed by atoms with Crippen molar-refractivity contribution in [2.75, 3.05) is 45.9 Å². The van der Waals surface area contributed by atoms with E-state index < -0.39 is 0 Å². The molecule has 6 heteroatoms. The van der Waals surface area contributed by atoms with Gasteiger partial charge in [-0.3, -0.25) is 4.99 Å². The molecule has 26 heavy (non-hydrogen) atoms. The van der Waals surface area contributed by atoms with Gasteiger partial charge in [-0.15, -0.1) is 24.0 Å². The minimum Gasteiger partial charge on any atom is -0.492 e. The van der Waals surface area contributed by atoms with E-state index in [0.717, 1.165) is 31.3 Å². The van der Waals surface area contributed by atoms with Gasteiger partial charge in [0.25, 0.3) is 0 Å². The van der Waals surface area contributed by atoms with E-state index in [9.17, 15) is 0 Å². The van der Waals surface area contributed by atoms with Crippen LogP contribution in [0.2, 0.25) is 0 Å². The summed E-state index contributed by atoms with van der Waals surface area (Å²) in [5.41, 5.74) is 1.25. The highest BCUT2D eigenvalue weighted by Gasteiger charge is 2.21. The highest BCUT2D eigenvalue weighted by atomic mass is 127. The molecule has 148 valence electrons. The molecular formula is C20H35IN4O. The van der Waals surface area contributed by atoms with Crippen molar-refractivity contribution in [1.82, 2.24) is 15.5 Å². The quantitative estimate of drug-likeness (QED) is 0.250. The van der Waals surface area contributed by atoms with Crippen LogP contribution in [0.1, 0.15) is 32.3 Å². The standard InChI is InChI=1S/C20H34N4O.HI/c1-4-12-24-13-10-18(16-24)15-23-20(21-5-2)22-11-14-25-19-8-6-17(3)7-9-19;/h6-9,18H,4-5,10-16H2,1-3H3,(H2,21,22,23);1H. The summed E-state index contributed by atoms with van der Waals surface area (Å²) in [5.74, 6) is 2.49. The summed E-state index contributed by atoms with van der Waals surface area (Å²) in [6, 6.07) is 8.16. The van der Waals surface area contributed by atoms with E-state index in [1.54, 1.807) is 0 Å². The molecule has 1 aromatic carbocycles. The van der Waals surface area contributed by atoms with Gasteiger partial charge in [-0.1, -0.05) is 24.6 Å². The maximum Gasteiger partial charge on any atom is 0.191 e. The average molecular weight is 474 g/mol. The first-order chi connectivity index (χ1) is 12.2. The molecule has 1 aliphatic heterocycles. The summed E-state index contributed by atoms with van der Waals surface area (Å²) in [4.78, 5) is 7.31. The number of guanidine groups is 1. The summed E-state index contributed by atoms with van der Waals surface area (Å²) in [6.45, 7) is 13.2. The molecule has 1 aliphatic rings. The molecule has 0 amide bonds. The maximum absolute atomic E-state index is 5.76. The summed E-state index contributed by atoms with van der Waals surface area (Å²) in [7, 11) is 0. The van der Waals surface area contributed by atoms with E-state index >= 15 is 0 Å². The van der Waals surface area contributed by atoms with Gasteiger partial charge in [-0.05, 0) is 57.8 Å². The first-order valence-electron chi connectivity index (χ1n) is 9.65. The van der Waals surface area contributed by atoms with E-state index in [1.165, 1.54) is 38.0 Å². The molecular weight excluding hydrogens is 439 g/mol. The number of aryl methyl sites for hydroxylation is 1. The van der Waals surface area contributed by atoms with Gasteiger partial charge in [0, 0.05) is 19.6 Å². The summed E-state index contributed by atoms with van der Waals surface area (Å²) in [5, 5.41) is 6.68. The van der Waals surface area contributed by atoms with Gasteiger partial charge in [-0.25, -0.2) is 0 Å². The number of nitrogens with one attached hydrogen (secondary N) is 2. The van der Waals surface area contributed by atoms with Crippen molar-refractivity contribution in [3.8, 4) is 5.75 Å².